The first-order chi connectivity index (χ1) is 8.18. The highest BCUT2D eigenvalue weighted by Gasteiger charge is 2.51. The van der Waals surface area contributed by atoms with Crippen LogP contribution in [0, 0.1) is 5.21 Å². The SMILES string of the molecule is C=Cc1ccc(C[NH+]([O-])S(=O)(=O)C(F)(F)F)cc1. The van der Waals surface area contributed by atoms with E-state index in [1.54, 1.807) is 0 Å². The van der Waals surface area contributed by atoms with E-state index in [0.717, 1.165) is 0 Å². The molecule has 1 rings (SSSR count). The predicted octanol–water partition coefficient (Wildman–Crippen LogP) is 1.06. The number of hydrogen-bond acceptors (Lipinski definition) is 3. The fraction of sp³-hybridized carbons (Fsp3) is 0.200. The molecule has 1 aromatic carbocycles. The number of sulfonamides is 1. The van der Waals surface area contributed by atoms with E-state index in [9.17, 15) is 26.8 Å². The van der Waals surface area contributed by atoms with Crippen LogP contribution in [0.3, 0.4) is 0 Å². The fourth-order valence-electron chi connectivity index (χ4n) is 1.16. The van der Waals surface area contributed by atoms with E-state index in [-0.39, 0.29) is 5.56 Å². The predicted molar refractivity (Wildman–Crippen MR) is 59.5 cm³/mol. The number of hydroxylamine groups is 1. The van der Waals surface area contributed by atoms with Crippen LogP contribution in [0.5, 0.6) is 0 Å². The van der Waals surface area contributed by atoms with Crippen molar-refractivity contribution in [1.82, 2.24) is 0 Å². The van der Waals surface area contributed by atoms with Crippen LogP contribution in [-0.2, 0) is 16.6 Å². The third-order valence-corrected chi connectivity index (χ3v) is 3.52. The molecule has 1 aromatic rings. The molecule has 0 aromatic heterocycles. The van der Waals surface area contributed by atoms with Gasteiger partial charge >= 0.3 is 15.5 Å². The summed E-state index contributed by atoms with van der Waals surface area (Å²) in [6.07, 6.45) is 1.51. The van der Waals surface area contributed by atoms with Gasteiger partial charge in [0.05, 0.1) is 0 Å². The highest BCUT2D eigenvalue weighted by Crippen LogP contribution is 2.19. The van der Waals surface area contributed by atoms with Crippen molar-refractivity contribution in [3.05, 3.63) is 47.2 Å². The first kappa shape index (κ1) is 14.7. The number of alkyl halides is 3. The summed E-state index contributed by atoms with van der Waals surface area (Å²) in [6, 6.07) is 5.80. The first-order valence-corrected chi connectivity index (χ1v) is 6.22. The van der Waals surface area contributed by atoms with Gasteiger partial charge in [-0.2, -0.15) is 21.6 Å². The molecular formula is C10H10F3NO3S. The molecule has 8 heteroatoms. The highest BCUT2D eigenvalue weighted by molar-refractivity contribution is 7.86. The molecule has 1 N–H and O–H groups in total. The maximum atomic E-state index is 12.1. The maximum absolute atomic E-state index is 12.1. The molecule has 18 heavy (non-hydrogen) atoms. The van der Waals surface area contributed by atoms with Gasteiger partial charge in [-0.05, 0) is 5.56 Å². The summed E-state index contributed by atoms with van der Waals surface area (Å²) >= 11 is 0. The Balaban J connectivity index is 2.88. The summed E-state index contributed by atoms with van der Waals surface area (Å²) in [4.78, 5) is 0. The number of rotatable bonds is 4. The van der Waals surface area contributed by atoms with Crippen LogP contribution in [0.25, 0.3) is 6.08 Å². The highest BCUT2D eigenvalue weighted by atomic mass is 32.2. The van der Waals surface area contributed by atoms with Crippen molar-refractivity contribution in [2.24, 2.45) is 0 Å². The second-order valence-corrected chi connectivity index (χ2v) is 5.37. The maximum Gasteiger partial charge on any atom is 0.549 e. The van der Waals surface area contributed by atoms with Gasteiger partial charge in [-0.15, -0.1) is 0 Å². The molecule has 4 nitrogen and oxygen atoms in total. The number of benzene rings is 1. The summed E-state index contributed by atoms with van der Waals surface area (Å²) < 4.78 is 56.0. The second-order valence-electron chi connectivity index (χ2n) is 3.44. The molecule has 0 saturated carbocycles. The number of hydrogen-bond donors (Lipinski definition) is 1. The summed E-state index contributed by atoms with van der Waals surface area (Å²) in [6.45, 7) is 2.68. The Morgan fingerprint density at radius 1 is 1.28 bits per heavy atom. The van der Waals surface area contributed by atoms with Crippen molar-refractivity contribution in [1.29, 1.82) is 0 Å². The molecule has 0 amide bonds. The van der Waals surface area contributed by atoms with E-state index in [2.05, 4.69) is 6.58 Å². The molecule has 1 atom stereocenters. The van der Waals surface area contributed by atoms with Crippen LogP contribution >= 0.6 is 0 Å². The van der Waals surface area contributed by atoms with E-state index >= 15 is 0 Å². The third-order valence-electron chi connectivity index (χ3n) is 2.17. The molecule has 0 heterocycles. The van der Waals surface area contributed by atoms with Crippen molar-refractivity contribution in [2.75, 3.05) is 0 Å². The summed E-state index contributed by atoms with van der Waals surface area (Å²) in [5, 5.41) is 11.1. The van der Waals surface area contributed by atoms with E-state index in [0.29, 0.717) is 5.56 Å². The van der Waals surface area contributed by atoms with Gasteiger partial charge in [0, 0.05) is 5.56 Å². The van der Waals surface area contributed by atoms with E-state index < -0.39 is 26.5 Å². The molecule has 0 aliphatic rings. The quantitative estimate of drug-likeness (QED) is 0.839. The summed E-state index contributed by atoms with van der Waals surface area (Å²) in [5.41, 5.74) is -4.64. The van der Waals surface area contributed by atoms with Gasteiger partial charge in [0.2, 0.25) is 0 Å². The van der Waals surface area contributed by atoms with Gasteiger partial charge in [0.15, 0.2) is 0 Å². The largest absolute Gasteiger partial charge is 0.618 e. The minimum absolute atomic E-state index is 0.193. The number of nitrogens with one attached hydrogen (secondary N) is 1. The molecule has 0 aliphatic heterocycles. The standard InChI is InChI=1S/C10H10F3NO3S/c1-2-8-3-5-9(6-4-8)7-14(15)18(16,17)10(11,12)13/h2-6,14H,1,7H2. The third kappa shape index (κ3) is 3.09. The lowest BCUT2D eigenvalue weighted by molar-refractivity contribution is -0.727. The zero-order valence-electron chi connectivity index (χ0n) is 9.07. The molecule has 0 radical (unpaired) electrons. The number of halogens is 3. The molecule has 0 saturated heterocycles. The Kier molecular flexibility index (Phi) is 4.15. The lowest BCUT2D eigenvalue weighted by atomic mass is 10.1. The van der Waals surface area contributed by atoms with Gasteiger partial charge in [-0.3, -0.25) is 4.47 Å². The minimum atomic E-state index is -5.75. The lowest BCUT2D eigenvalue weighted by Crippen LogP contribution is -3.09. The van der Waals surface area contributed by atoms with Crippen LogP contribution in [0.15, 0.2) is 30.8 Å². The monoisotopic (exact) mass is 281 g/mol. The average Bonchev–Trinajstić information content (AvgIpc) is 2.28. The van der Waals surface area contributed by atoms with E-state index in [1.165, 1.54) is 30.3 Å². The average molecular weight is 281 g/mol. The van der Waals surface area contributed by atoms with Crippen LogP contribution in [0.4, 0.5) is 13.2 Å². The Bertz CT molecular complexity index is 522. The Morgan fingerprint density at radius 3 is 2.17 bits per heavy atom. The fourth-order valence-corrected chi connectivity index (χ4v) is 1.78. The lowest BCUT2D eigenvalue weighted by Gasteiger charge is -2.22. The van der Waals surface area contributed by atoms with E-state index in [4.69, 9.17) is 0 Å². The summed E-state index contributed by atoms with van der Waals surface area (Å²) in [7, 11) is -5.75. The van der Waals surface area contributed by atoms with Gasteiger partial charge < -0.3 is 5.21 Å². The normalized spacial score (nSPS) is 14.2. The van der Waals surface area contributed by atoms with Crippen molar-refractivity contribution >= 4 is 16.1 Å². The molecule has 0 aliphatic carbocycles. The molecule has 100 valence electrons. The number of quaternary nitrogens is 1. The van der Waals surface area contributed by atoms with Crippen LogP contribution in [0.2, 0.25) is 0 Å². The summed E-state index contributed by atoms with van der Waals surface area (Å²) in [5.74, 6) is 0. The zero-order chi connectivity index (χ0) is 14.0. The minimum Gasteiger partial charge on any atom is -0.618 e. The van der Waals surface area contributed by atoms with Crippen LogP contribution in [0.1, 0.15) is 11.1 Å². The second kappa shape index (κ2) is 5.09. The first-order valence-electron chi connectivity index (χ1n) is 4.74. The van der Waals surface area contributed by atoms with Gasteiger partial charge in [-0.25, -0.2) is 0 Å². The zero-order valence-corrected chi connectivity index (χ0v) is 9.88. The molecule has 0 bridgehead atoms. The Morgan fingerprint density at radius 2 is 1.78 bits per heavy atom. The molecule has 1 unspecified atom stereocenters. The topological polar surface area (TPSA) is 61.6 Å². The van der Waals surface area contributed by atoms with Gasteiger partial charge in [0.25, 0.3) is 0 Å². The van der Waals surface area contributed by atoms with Gasteiger partial charge in [0.1, 0.15) is 6.54 Å². The Hall–Kier alpha value is -1.38. The van der Waals surface area contributed by atoms with Crippen molar-refractivity contribution in [3.8, 4) is 0 Å². The van der Waals surface area contributed by atoms with Crippen molar-refractivity contribution < 1.29 is 26.1 Å². The molecule has 0 fully saturated rings. The van der Waals surface area contributed by atoms with E-state index in [1.807, 2.05) is 0 Å². The Labute approximate surface area is 102 Å². The van der Waals surface area contributed by atoms with Crippen LogP contribution in [-0.4, -0.2) is 13.9 Å². The van der Waals surface area contributed by atoms with Crippen molar-refractivity contribution in [3.63, 3.8) is 0 Å². The smallest absolute Gasteiger partial charge is 0.549 e. The van der Waals surface area contributed by atoms with Crippen LogP contribution < -0.4 is 4.47 Å². The van der Waals surface area contributed by atoms with Crippen molar-refractivity contribution in [2.45, 2.75) is 12.1 Å². The molecule has 0 spiro atoms. The molecular weight excluding hydrogens is 271 g/mol. The van der Waals surface area contributed by atoms with Gasteiger partial charge in [-0.1, -0.05) is 36.9 Å².